The number of benzene rings is 1. The van der Waals surface area contributed by atoms with Gasteiger partial charge in [-0.2, -0.15) is 4.98 Å². The first-order valence-corrected chi connectivity index (χ1v) is 9.77. The second-order valence-electron chi connectivity index (χ2n) is 6.70. The van der Waals surface area contributed by atoms with E-state index in [0.29, 0.717) is 47.1 Å². The maximum absolute atomic E-state index is 12.0. The van der Waals surface area contributed by atoms with Crippen molar-refractivity contribution in [2.24, 2.45) is 0 Å². The number of anilines is 1. The Morgan fingerprint density at radius 3 is 2.52 bits per heavy atom. The molecule has 1 unspecified atom stereocenters. The summed E-state index contributed by atoms with van der Waals surface area (Å²) in [6, 6.07) is 5.82. The van der Waals surface area contributed by atoms with Crippen LogP contribution in [0, 0.1) is 0 Å². The number of aromatic nitrogens is 2. The van der Waals surface area contributed by atoms with Crippen LogP contribution >= 0.6 is 23.2 Å². The second-order valence-corrected chi connectivity index (χ2v) is 7.57. The van der Waals surface area contributed by atoms with Crippen LogP contribution in [0.1, 0.15) is 20.3 Å². The Morgan fingerprint density at radius 2 is 1.89 bits per heavy atom. The highest BCUT2D eigenvalue weighted by molar-refractivity contribution is 6.35. The zero-order valence-electron chi connectivity index (χ0n) is 15.4. The second kappa shape index (κ2) is 8.91. The quantitative estimate of drug-likeness (QED) is 0.786. The van der Waals surface area contributed by atoms with Gasteiger partial charge in [0, 0.05) is 47.8 Å². The van der Waals surface area contributed by atoms with E-state index in [1.807, 2.05) is 11.8 Å². The number of nitrogens with one attached hydrogen (secondary N) is 1. The molecule has 1 amide bonds. The standard InChI is InChI=1S/C18H23Cl2N5O2/c1-3-12(2)21-16(26)11-24-4-6-25(7-5-24)18-22-17(23-27-18)13-8-14(19)10-15(20)9-13/h8-10,12H,3-7,11H2,1-2H3,(H,21,26). The highest BCUT2D eigenvalue weighted by Crippen LogP contribution is 2.27. The lowest BCUT2D eigenvalue weighted by Gasteiger charge is -2.33. The third-order valence-corrected chi connectivity index (χ3v) is 5.00. The summed E-state index contributed by atoms with van der Waals surface area (Å²) in [4.78, 5) is 20.6. The highest BCUT2D eigenvalue weighted by Gasteiger charge is 2.23. The van der Waals surface area contributed by atoms with Gasteiger partial charge in [-0.25, -0.2) is 0 Å². The Hall–Kier alpha value is -1.83. The SMILES string of the molecule is CCC(C)NC(=O)CN1CCN(c2nc(-c3cc(Cl)cc(Cl)c3)no2)CC1. The first kappa shape index (κ1) is 19.9. The van der Waals surface area contributed by atoms with Gasteiger partial charge in [0.15, 0.2) is 0 Å². The summed E-state index contributed by atoms with van der Waals surface area (Å²) >= 11 is 12.1. The number of carbonyl (C=O) groups excluding carboxylic acids is 1. The molecule has 3 rings (SSSR count). The van der Waals surface area contributed by atoms with Gasteiger partial charge in [-0.15, -0.1) is 0 Å². The van der Waals surface area contributed by atoms with Crippen LogP contribution in [0.3, 0.4) is 0 Å². The first-order chi connectivity index (χ1) is 12.9. The van der Waals surface area contributed by atoms with E-state index in [1.54, 1.807) is 18.2 Å². The molecule has 1 aliphatic rings. The van der Waals surface area contributed by atoms with Gasteiger partial charge in [0.2, 0.25) is 11.7 Å². The molecule has 0 radical (unpaired) electrons. The van der Waals surface area contributed by atoms with Crippen molar-refractivity contribution in [3.05, 3.63) is 28.2 Å². The lowest BCUT2D eigenvalue weighted by Crippen LogP contribution is -2.50. The summed E-state index contributed by atoms with van der Waals surface area (Å²) in [6.45, 7) is 7.43. The first-order valence-electron chi connectivity index (χ1n) is 9.01. The van der Waals surface area contributed by atoms with E-state index in [4.69, 9.17) is 27.7 Å². The normalized spacial score (nSPS) is 16.4. The molecule has 0 bridgehead atoms. The van der Waals surface area contributed by atoms with Crippen LogP contribution in [0.15, 0.2) is 22.7 Å². The van der Waals surface area contributed by atoms with Crippen molar-refractivity contribution in [2.75, 3.05) is 37.6 Å². The van der Waals surface area contributed by atoms with Crippen LogP contribution in [0.5, 0.6) is 0 Å². The summed E-state index contributed by atoms with van der Waals surface area (Å²) in [5.74, 6) is 0.514. The molecular formula is C18H23Cl2N5O2. The van der Waals surface area contributed by atoms with E-state index in [9.17, 15) is 4.79 Å². The molecule has 146 valence electrons. The molecule has 0 spiro atoms. The fourth-order valence-electron chi connectivity index (χ4n) is 2.87. The molecule has 2 heterocycles. The Kier molecular flexibility index (Phi) is 6.57. The summed E-state index contributed by atoms with van der Waals surface area (Å²) < 4.78 is 5.40. The van der Waals surface area contributed by atoms with Gasteiger partial charge in [0.25, 0.3) is 0 Å². The summed E-state index contributed by atoms with van der Waals surface area (Å²) in [5, 5.41) is 8.07. The number of rotatable bonds is 6. The highest BCUT2D eigenvalue weighted by atomic mass is 35.5. The van der Waals surface area contributed by atoms with Crippen LogP contribution < -0.4 is 10.2 Å². The Balaban J connectivity index is 1.56. The van der Waals surface area contributed by atoms with Crippen molar-refractivity contribution in [3.63, 3.8) is 0 Å². The van der Waals surface area contributed by atoms with Crippen LogP contribution in [-0.4, -0.2) is 59.7 Å². The molecular weight excluding hydrogens is 389 g/mol. The van der Waals surface area contributed by atoms with Crippen LogP contribution in [-0.2, 0) is 4.79 Å². The van der Waals surface area contributed by atoms with E-state index >= 15 is 0 Å². The largest absolute Gasteiger partial charge is 0.353 e. The lowest BCUT2D eigenvalue weighted by atomic mass is 10.2. The molecule has 27 heavy (non-hydrogen) atoms. The van der Waals surface area contributed by atoms with Gasteiger partial charge in [0.1, 0.15) is 0 Å². The third-order valence-electron chi connectivity index (χ3n) is 4.57. The maximum Gasteiger partial charge on any atom is 0.324 e. The van der Waals surface area contributed by atoms with Gasteiger partial charge in [-0.1, -0.05) is 35.3 Å². The van der Waals surface area contributed by atoms with Gasteiger partial charge < -0.3 is 14.7 Å². The minimum absolute atomic E-state index is 0.0655. The van der Waals surface area contributed by atoms with E-state index < -0.39 is 0 Å². The molecule has 0 saturated carbocycles. The van der Waals surface area contributed by atoms with Gasteiger partial charge in [-0.3, -0.25) is 9.69 Å². The fraction of sp³-hybridized carbons (Fsp3) is 0.500. The summed E-state index contributed by atoms with van der Waals surface area (Å²) in [5.41, 5.74) is 0.711. The number of carbonyl (C=O) groups is 1. The molecule has 2 aromatic rings. The average molecular weight is 412 g/mol. The van der Waals surface area contributed by atoms with Crippen molar-refractivity contribution in [1.82, 2.24) is 20.4 Å². The smallest absolute Gasteiger partial charge is 0.324 e. The minimum atomic E-state index is 0.0655. The average Bonchev–Trinajstić information content (AvgIpc) is 3.11. The number of hydrogen-bond donors (Lipinski definition) is 1. The minimum Gasteiger partial charge on any atom is -0.353 e. The van der Waals surface area contributed by atoms with Crippen molar-refractivity contribution in [2.45, 2.75) is 26.3 Å². The predicted octanol–water partition coefficient (Wildman–Crippen LogP) is 3.08. The van der Waals surface area contributed by atoms with Crippen molar-refractivity contribution in [1.29, 1.82) is 0 Å². The fourth-order valence-corrected chi connectivity index (χ4v) is 3.39. The molecule has 9 heteroatoms. The third kappa shape index (κ3) is 5.34. The number of piperazine rings is 1. The summed E-state index contributed by atoms with van der Waals surface area (Å²) in [7, 11) is 0. The molecule has 1 aromatic carbocycles. The van der Waals surface area contributed by atoms with Crippen LogP contribution in [0.4, 0.5) is 6.01 Å². The number of nitrogens with zero attached hydrogens (tertiary/aromatic N) is 4. The molecule has 1 aromatic heterocycles. The molecule has 1 saturated heterocycles. The zero-order valence-corrected chi connectivity index (χ0v) is 16.9. The van der Waals surface area contributed by atoms with E-state index in [-0.39, 0.29) is 11.9 Å². The van der Waals surface area contributed by atoms with E-state index in [2.05, 4.69) is 27.3 Å². The predicted molar refractivity (Wildman–Crippen MR) is 106 cm³/mol. The monoisotopic (exact) mass is 411 g/mol. The van der Waals surface area contributed by atoms with Gasteiger partial charge >= 0.3 is 6.01 Å². The van der Waals surface area contributed by atoms with Gasteiger partial charge in [-0.05, 0) is 31.5 Å². The van der Waals surface area contributed by atoms with Crippen molar-refractivity contribution >= 4 is 35.1 Å². The Morgan fingerprint density at radius 1 is 1.22 bits per heavy atom. The Labute approximate surface area is 168 Å². The van der Waals surface area contributed by atoms with Crippen LogP contribution in [0.25, 0.3) is 11.4 Å². The van der Waals surface area contributed by atoms with E-state index in [1.165, 1.54) is 0 Å². The van der Waals surface area contributed by atoms with E-state index in [0.717, 1.165) is 19.5 Å². The van der Waals surface area contributed by atoms with Gasteiger partial charge in [0.05, 0.1) is 6.54 Å². The number of halogens is 2. The topological polar surface area (TPSA) is 74.5 Å². The molecule has 1 aliphatic heterocycles. The molecule has 1 N–H and O–H groups in total. The van der Waals surface area contributed by atoms with Crippen molar-refractivity contribution in [3.8, 4) is 11.4 Å². The Bertz CT molecular complexity index is 770. The molecule has 1 fully saturated rings. The van der Waals surface area contributed by atoms with Crippen molar-refractivity contribution < 1.29 is 9.32 Å². The number of hydrogen-bond acceptors (Lipinski definition) is 6. The summed E-state index contributed by atoms with van der Waals surface area (Å²) in [6.07, 6.45) is 0.927. The zero-order chi connectivity index (χ0) is 19.4. The molecule has 0 aliphatic carbocycles. The molecule has 7 nitrogen and oxygen atoms in total. The van der Waals surface area contributed by atoms with Crippen LogP contribution in [0.2, 0.25) is 10.0 Å². The molecule has 1 atom stereocenters. The maximum atomic E-state index is 12.0. The lowest BCUT2D eigenvalue weighted by molar-refractivity contribution is -0.122. The number of amides is 1.